The van der Waals surface area contributed by atoms with E-state index in [0.717, 1.165) is 11.9 Å². The molecule has 42 heavy (non-hydrogen) atoms. The molecule has 1 aromatic carbocycles. The molecule has 1 amide bonds. The first-order chi connectivity index (χ1) is 20.0. The van der Waals surface area contributed by atoms with E-state index in [9.17, 15) is 22.4 Å². The Hall–Kier alpha value is -3.58. The molecular formula is C28H30ClF4N7O2. The quantitative estimate of drug-likeness (QED) is 0.524. The number of alkyl carbamates (subject to hydrolysis) is 1. The molecule has 1 N–H and O–H groups in total. The fraction of sp³-hybridized carbons (Fsp3) is 0.464. The topological polar surface area (TPSA) is 76.5 Å². The van der Waals surface area contributed by atoms with Crippen molar-refractivity contribution in [2.75, 3.05) is 57.8 Å². The molecule has 14 heteroatoms. The minimum absolute atomic E-state index is 0.0134. The summed E-state index contributed by atoms with van der Waals surface area (Å²) in [5.41, 5.74) is 0.00590. The third kappa shape index (κ3) is 5.47. The monoisotopic (exact) mass is 607 g/mol. The number of benzene rings is 1. The van der Waals surface area contributed by atoms with Crippen molar-refractivity contribution in [3.63, 3.8) is 0 Å². The second kappa shape index (κ2) is 10.9. The minimum Gasteiger partial charge on any atom is -0.441 e. The summed E-state index contributed by atoms with van der Waals surface area (Å²) >= 11 is 6.11. The highest BCUT2D eigenvalue weighted by Gasteiger charge is 2.45. The number of aromatic nitrogens is 1. The van der Waals surface area contributed by atoms with Crippen LogP contribution in [0.25, 0.3) is 0 Å². The van der Waals surface area contributed by atoms with Crippen molar-refractivity contribution in [2.24, 2.45) is 4.99 Å². The van der Waals surface area contributed by atoms with E-state index >= 15 is 0 Å². The Labute approximate surface area is 245 Å². The lowest BCUT2D eigenvalue weighted by Crippen LogP contribution is -2.57. The molecule has 0 saturated carbocycles. The van der Waals surface area contributed by atoms with Crippen molar-refractivity contribution in [2.45, 2.75) is 30.9 Å². The highest BCUT2D eigenvalue weighted by molar-refractivity contribution is 6.31. The molecule has 1 aromatic heterocycles. The number of pyridine rings is 1. The Balaban J connectivity index is 1.24. The van der Waals surface area contributed by atoms with Crippen LogP contribution in [0.4, 0.5) is 28.2 Å². The molecule has 0 aliphatic carbocycles. The van der Waals surface area contributed by atoms with Gasteiger partial charge in [-0.3, -0.25) is 4.90 Å². The number of alkyl halides is 3. The third-order valence-electron chi connectivity index (χ3n) is 8.34. The largest absolute Gasteiger partial charge is 0.441 e. The number of nitrogens with zero attached hydrogens (tertiary/aromatic N) is 6. The zero-order chi connectivity index (χ0) is 29.6. The van der Waals surface area contributed by atoms with Crippen LogP contribution in [0.5, 0.6) is 0 Å². The lowest BCUT2D eigenvalue weighted by molar-refractivity contribution is -0.137. The normalized spacial score (nSPS) is 23.0. The van der Waals surface area contributed by atoms with Crippen molar-refractivity contribution >= 4 is 29.2 Å². The van der Waals surface area contributed by atoms with Gasteiger partial charge in [0, 0.05) is 77.0 Å². The minimum atomic E-state index is -4.50. The summed E-state index contributed by atoms with van der Waals surface area (Å²) in [5, 5.41) is 2.74. The SMILES string of the molecule is CN1C(N2CCN(c3ncccc3C(F)(F)F)CC2)=CC(c2ccc(F)c(Cl)c2)=NC1N1CCC2(CC1)CNC(=O)O2. The van der Waals surface area contributed by atoms with Crippen molar-refractivity contribution < 1.29 is 27.1 Å². The molecular weight excluding hydrogens is 578 g/mol. The Morgan fingerprint density at radius 1 is 1.07 bits per heavy atom. The molecule has 5 heterocycles. The number of likely N-dealkylation sites (tertiary alicyclic amines) is 1. The number of hydrogen-bond acceptors (Lipinski definition) is 8. The number of amides is 1. The molecule has 3 saturated heterocycles. The number of hydrogen-bond donors (Lipinski definition) is 1. The summed E-state index contributed by atoms with van der Waals surface area (Å²) in [6.45, 7) is 3.34. The Bertz CT molecular complexity index is 1420. The van der Waals surface area contributed by atoms with Crippen LogP contribution in [-0.2, 0) is 10.9 Å². The molecule has 0 bridgehead atoms. The van der Waals surface area contributed by atoms with Gasteiger partial charge >= 0.3 is 12.3 Å². The highest BCUT2D eigenvalue weighted by atomic mass is 35.5. The number of carbonyl (C=O) groups is 1. The summed E-state index contributed by atoms with van der Waals surface area (Å²) in [6.07, 6.45) is -0.728. The first kappa shape index (κ1) is 28.5. The van der Waals surface area contributed by atoms with E-state index < -0.39 is 35.5 Å². The number of allylic oxidation sites excluding steroid dienone is 1. The number of ether oxygens (including phenoxy) is 1. The fourth-order valence-corrected chi connectivity index (χ4v) is 6.19. The molecule has 3 fully saturated rings. The van der Waals surface area contributed by atoms with E-state index in [1.165, 1.54) is 18.3 Å². The maximum absolute atomic E-state index is 14.0. The molecule has 1 atom stereocenters. The van der Waals surface area contributed by atoms with Gasteiger partial charge in [-0.2, -0.15) is 13.2 Å². The van der Waals surface area contributed by atoms with Crippen LogP contribution in [0, 0.1) is 5.82 Å². The van der Waals surface area contributed by atoms with E-state index in [1.807, 2.05) is 18.0 Å². The summed E-state index contributed by atoms with van der Waals surface area (Å²) in [4.78, 5) is 28.8. The lowest BCUT2D eigenvalue weighted by atomic mass is 9.91. The first-order valence-electron chi connectivity index (χ1n) is 13.7. The highest BCUT2D eigenvalue weighted by Crippen LogP contribution is 2.36. The smallest absolute Gasteiger partial charge is 0.419 e. The van der Waals surface area contributed by atoms with Crippen LogP contribution >= 0.6 is 11.6 Å². The molecule has 2 aromatic rings. The van der Waals surface area contributed by atoms with E-state index in [2.05, 4.69) is 20.1 Å². The molecule has 1 spiro atoms. The number of anilines is 1. The Morgan fingerprint density at radius 2 is 1.79 bits per heavy atom. The van der Waals surface area contributed by atoms with Gasteiger partial charge in [-0.15, -0.1) is 0 Å². The summed E-state index contributed by atoms with van der Waals surface area (Å²) in [7, 11) is 1.93. The van der Waals surface area contributed by atoms with Crippen molar-refractivity contribution in [1.82, 2.24) is 25.0 Å². The van der Waals surface area contributed by atoms with Crippen LogP contribution < -0.4 is 10.2 Å². The first-order valence-corrected chi connectivity index (χ1v) is 14.1. The predicted molar refractivity (Wildman–Crippen MR) is 149 cm³/mol. The summed E-state index contributed by atoms with van der Waals surface area (Å²) < 4.78 is 60.5. The Kier molecular flexibility index (Phi) is 7.42. The van der Waals surface area contributed by atoms with E-state index in [4.69, 9.17) is 21.3 Å². The van der Waals surface area contributed by atoms with Gasteiger partial charge in [-0.05, 0) is 30.3 Å². The molecule has 1 unspecified atom stereocenters. The summed E-state index contributed by atoms with van der Waals surface area (Å²) in [5.74, 6) is 0.247. The lowest BCUT2D eigenvalue weighted by Gasteiger charge is -2.48. The van der Waals surface area contributed by atoms with E-state index in [-0.39, 0.29) is 10.8 Å². The number of piperazine rings is 1. The van der Waals surface area contributed by atoms with Gasteiger partial charge in [0.2, 0.25) is 0 Å². The molecule has 224 valence electrons. The van der Waals surface area contributed by atoms with E-state index in [0.29, 0.717) is 69.9 Å². The second-order valence-electron chi connectivity index (χ2n) is 10.9. The number of carbonyl (C=O) groups excluding carboxylic acids is 1. The zero-order valence-corrected chi connectivity index (χ0v) is 23.6. The van der Waals surface area contributed by atoms with Gasteiger partial charge in [0.25, 0.3) is 0 Å². The van der Waals surface area contributed by atoms with Crippen molar-refractivity contribution in [1.29, 1.82) is 0 Å². The molecule has 0 radical (unpaired) electrons. The van der Waals surface area contributed by atoms with Crippen LogP contribution in [-0.4, -0.2) is 96.2 Å². The van der Waals surface area contributed by atoms with Gasteiger partial charge in [0.05, 0.1) is 22.8 Å². The standard InChI is InChI=1S/C28H30ClF4N7O2/c1-37-23(38-11-13-39(14-12-38)24-19(28(31,32)33)3-2-8-34-24)16-22(18-4-5-21(30)20(29)15-18)36-25(37)40-9-6-27(7-10-40)17-35-26(41)42-27/h2-5,8,15-16,25H,6-7,9-14,17H2,1H3,(H,35,41). The van der Waals surface area contributed by atoms with Gasteiger partial charge in [0.15, 0.2) is 6.29 Å². The zero-order valence-electron chi connectivity index (χ0n) is 22.9. The maximum Gasteiger partial charge on any atom is 0.419 e. The van der Waals surface area contributed by atoms with Crippen LogP contribution in [0.3, 0.4) is 0 Å². The second-order valence-corrected chi connectivity index (χ2v) is 11.3. The fourth-order valence-electron chi connectivity index (χ4n) is 6.01. The summed E-state index contributed by atoms with van der Waals surface area (Å²) in [6, 6.07) is 6.82. The molecule has 4 aliphatic rings. The molecule has 6 rings (SSSR count). The van der Waals surface area contributed by atoms with Gasteiger partial charge in [0.1, 0.15) is 23.1 Å². The van der Waals surface area contributed by atoms with E-state index in [1.54, 1.807) is 17.0 Å². The van der Waals surface area contributed by atoms with Crippen LogP contribution in [0.15, 0.2) is 53.4 Å². The Morgan fingerprint density at radius 3 is 2.43 bits per heavy atom. The number of halogens is 5. The van der Waals surface area contributed by atoms with Gasteiger partial charge in [-0.1, -0.05) is 11.6 Å². The maximum atomic E-state index is 14.0. The third-order valence-corrected chi connectivity index (χ3v) is 8.63. The van der Waals surface area contributed by atoms with Gasteiger partial charge < -0.3 is 24.8 Å². The predicted octanol–water partition coefficient (Wildman–Crippen LogP) is 4.15. The number of rotatable bonds is 4. The number of nitrogens with one attached hydrogen (secondary N) is 1. The van der Waals surface area contributed by atoms with Gasteiger partial charge in [-0.25, -0.2) is 19.2 Å². The molecule has 4 aliphatic heterocycles. The number of piperidine rings is 1. The van der Waals surface area contributed by atoms with Crippen LogP contribution in [0.2, 0.25) is 5.02 Å². The average Bonchev–Trinajstić information content (AvgIpc) is 3.34. The van der Waals surface area contributed by atoms with Crippen LogP contribution in [0.1, 0.15) is 24.0 Å². The van der Waals surface area contributed by atoms with Crippen molar-refractivity contribution in [3.8, 4) is 0 Å². The number of aliphatic imine (C=N–C) groups is 1. The van der Waals surface area contributed by atoms with Crippen molar-refractivity contribution in [3.05, 3.63) is 70.4 Å². The molecule has 9 nitrogen and oxygen atoms in total. The average molecular weight is 608 g/mol.